The van der Waals surface area contributed by atoms with Gasteiger partial charge >= 0.3 is 0 Å². The average molecular weight is 580 g/mol. The second-order valence-electron chi connectivity index (χ2n) is 13.5. The molecule has 0 bridgehead atoms. The van der Waals surface area contributed by atoms with Gasteiger partial charge in [-0.1, -0.05) is 115 Å². The fraction of sp³-hybridized carbons (Fsp3) is 0.366. The third-order valence-corrected chi connectivity index (χ3v) is 10.8. The Morgan fingerprint density at radius 2 is 1.48 bits per heavy atom. The SMILES string of the molecule is C1=CCC(C2NC(C3=CCCC=C3)NC(C3=CCC(C4=CCCC=C4)C(C4C=c5ccc6ccccc6c5=CC4)C3)N2)C=C1. The third kappa shape index (κ3) is 5.58. The van der Waals surface area contributed by atoms with Gasteiger partial charge in [0, 0.05) is 5.92 Å². The predicted molar refractivity (Wildman–Crippen MR) is 185 cm³/mol. The number of hydrogen-bond donors (Lipinski definition) is 3. The van der Waals surface area contributed by atoms with E-state index in [-0.39, 0.29) is 18.5 Å². The minimum absolute atomic E-state index is 0.151. The van der Waals surface area contributed by atoms with Crippen molar-refractivity contribution in [1.82, 2.24) is 16.0 Å². The van der Waals surface area contributed by atoms with Crippen molar-refractivity contribution in [2.45, 2.75) is 69.9 Å². The van der Waals surface area contributed by atoms with E-state index in [4.69, 9.17) is 0 Å². The third-order valence-electron chi connectivity index (χ3n) is 10.8. The Morgan fingerprint density at radius 1 is 0.636 bits per heavy atom. The van der Waals surface area contributed by atoms with Crippen LogP contribution in [0, 0.1) is 23.7 Å². The first-order valence-electron chi connectivity index (χ1n) is 17.0. The van der Waals surface area contributed by atoms with E-state index in [1.54, 1.807) is 5.57 Å². The number of rotatable bonds is 5. The smallest absolute Gasteiger partial charge is 0.0858 e. The zero-order valence-electron chi connectivity index (χ0n) is 25.7. The van der Waals surface area contributed by atoms with E-state index in [2.05, 4.69) is 131 Å². The summed E-state index contributed by atoms with van der Waals surface area (Å²) in [6, 6.07) is 13.5. The molecule has 224 valence electrons. The maximum Gasteiger partial charge on any atom is 0.0858 e. The van der Waals surface area contributed by atoms with Gasteiger partial charge in [-0.05, 0) is 107 Å². The van der Waals surface area contributed by atoms with E-state index in [0.29, 0.717) is 23.7 Å². The molecule has 1 aliphatic heterocycles. The molecule has 0 radical (unpaired) electrons. The van der Waals surface area contributed by atoms with Gasteiger partial charge in [0.15, 0.2) is 0 Å². The molecule has 7 atom stereocenters. The Morgan fingerprint density at radius 3 is 2.30 bits per heavy atom. The summed E-state index contributed by atoms with van der Waals surface area (Å²) in [5.41, 5.74) is 4.48. The van der Waals surface area contributed by atoms with Gasteiger partial charge < -0.3 is 0 Å². The minimum Gasteiger partial charge on any atom is -0.282 e. The number of fused-ring (bicyclic) bond motifs is 3. The first-order valence-corrected chi connectivity index (χ1v) is 17.0. The summed E-state index contributed by atoms with van der Waals surface area (Å²) in [6.45, 7) is 0. The molecule has 0 spiro atoms. The Balaban J connectivity index is 1.12. The molecule has 0 saturated carbocycles. The molecule has 6 aliphatic rings. The van der Waals surface area contributed by atoms with Crippen LogP contribution in [0.3, 0.4) is 0 Å². The molecule has 8 rings (SSSR count). The van der Waals surface area contributed by atoms with Crippen LogP contribution in [0.15, 0.2) is 120 Å². The van der Waals surface area contributed by atoms with Crippen LogP contribution in [0.2, 0.25) is 0 Å². The number of allylic oxidation sites excluding steroid dienone is 10. The second-order valence-corrected chi connectivity index (χ2v) is 13.5. The van der Waals surface area contributed by atoms with Gasteiger partial charge in [-0.3, -0.25) is 16.0 Å². The summed E-state index contributed by atoms with van der Waals surface area (Å²) in [5.74, 6) is 2.10. The van der Waals surface area contributed by atoms with Crippen LogP contribution in [0.1, 0.15) is 51.4 Å². The summed E-state index contributed by atoms with van der Waals surface area (Å²) < 4.78 is 0. The van der Waals surface area contributed by atoms with Crippen molar-refractivity contribution < 1.29 is 0 Å². The summed E-state index contributed by atoms with van der Waals surface area (Å²) in [7, 11) is 0. The molecule has 3 nitrogen and oxygen atoms in total. The highest BCUT2D eigenvalue weighted by Crippen LogP contribution is 2.43. The van der Waals surface area contributed by atoms with Gasteiger partial charge in [0.2, 0.25) is 0 Å². The van der Waals surface area contributed by atoms with Crippen LogP contribution in [0.5, 0.6) is 0 Å². The van der Waals surface area contributed by atoms with Crippen LogP contribution >= 0.6 is 0 Å². The Labute approximate surface area is 262 Å². The van der Waals surface area contributed by atoms with E-state index >= 15 is 0 Å². The number of hydrogen-bond acceptors (Lipinski definition) is 3. The zero-order valence-corrected chi connectivity index (χ0v) is 25.7. The topological polar surface area (TPSA) is 36.1 Å². The number of nitrogens with one attached hydrogen (secondary N) is 3. The standard InChI is InChI=1S/C41H45N3/c1-4-12-28(13-5-1)36-25-23-34(27-38(36)33-22-24-37-32(26-33)21-20-29-14-10-11-19-35(29)37)41-43-39(30-15-6-2-7-16-30)42-40(44-41)31-17-8-3-9-18-31/h2,4,6-8,10-15,17-21,23-24,26,30,33,36,38-44H,1,3,5,9,16,22,25,27H2. The van der Waals surface area contributed by atoms with Gasteiger partial charge in [-0.2, -0.15) is 0 Å². The molecule has 1 saturated heterocycles. The lowest BCUT2D eigenvalue weighted by atomic mass is 9.67. The fourth-order valence-electron chi connectivity index (χ4n) is 8.48. The molecule has 5 aliphatic carbocycles. The average Bonchev–Trinajstić information content (AvgIpc) is 3.12. The van der Waals surface area contributed by atoms with Crippen LogP contribution < -0.4 is 26.4 Å². The normalized spacial score (nSPS) is 33.1. The van der Waals surface area contributed by atoms with Crippen molar-refractivity contribution in [3.05, 3.63) is 130 Å². The predicted octanol–water partition coefficient (Wildman–Crippen LogP) is 6.82. The summed E-state index contributed by atoms with van der Waals surface area (Å²) in [5, 5.41) is 17.6. The summed E-state index contributed by atoms with van der Waals surface area (Å²) in [6.07, 6.45) is 40.8. The highest BCUT2D eigenvalue weighted by Gasteiger charge is 2.39. The Bertz CT molecular complexity index is 1750. The fourth-order valence-corrected chi connectivity index (χ4v) is 8.48. The van der Waals surface area contributed by atoms with Crippen LogP contribution in [-0.2, 0) is 0 Å². The quantitative estimate of drug-likeness (QED) is 0.340. The molecule has 3 heteroatoms. The zero-order chi connectivity index (χ0) is 29.3. The van der Waals surface area contributed by atoms with E-state index in [1.165, 1.54) is 45.2 Å². The minimum atomic E-state index is 0.151. The molecule has 2 aromatic rings. The highest BCUT2D eigenvalue weighted by atomic mass is 15.4. The Kier molecular flexibility index (Phi) is 7.94. The first-order chi connectivity index (χ1) is 21.8. The highest BCUT2D eigenvalue weighted by molar-refractivity contribution is 5.84. The van der Waals surface area contributed by atoms with Crippen molar-refractivity contribution in [2.75, 3.05) is 0 Å². The van der Waals surface area contributed by atoms with Gasteiger partial charge in [-0.25, -0.2) is 0 Å². The van der Waals surface area contributed by atoms with Crippen molar-refractivity contribution >= 4 is 22.9 Å². The van der Waals surface area contributed by atoms with Crippen LogP contribution in [-0.4, -0.2) is 18.5 Å². The molecule has 1 fully saturated rings. The van der Waals surface area contributed by atoms with Crippen molar-refractivity contribution in [3.63, 3.8) is 0 Å². The molecular formula is C41H45N3. The maximum atomic E-state index is 4.04. The van der Waals surface area contributed by atoms with Gasteiger partial charge in [0.25, 0.3) is 0 Å². The molecule has 7 unspecified atom stereocenters. The molecule has 3 N–H and O–H groups in total. The van der Waals surface area contributed by atoms with E-state index in [1.807, 2.05) is 0 Å². The first kappa shape index (κ1) is 28.0. The van der Waals surface area contributed by atoms with Crippen LogP contribution in [0.4, 0.5) is 0 Å². The van der Waals surface area contributed by atoms with Crippen molar-refractivity contribution in [2.24, 2.45) is 23.7 Å². The van der Waals surface area contributed by atoms with Crippen LogP contribution in [0.25, 0.3) is 22.9 Å². The second kappa shape index (κ2) is 12.5. The summed E-state index contributed by atoms with van der Waals surface area (Å²) >= 11 is 0. The van der Waals surface area contributed by atoms with E-state index in [9.17, 15) is 0 Å². The largest absolute Gasteiger partial charge is 0.282 e. The molecule has 44 heavy (non-hydrogen) atoms. The lowest BCUT2D eigenvalue weighted by Crippen LogP contribution is -2.69. The lowest BCUT2D eigenvalue weighted by Gasteiger charge is -2.46. The van der Waals surface area contributed by atoms with Crippen molar-refractivity contribution in [3.8, 4) is 0 Å². The molecule has 1 heterocycles. The van der Waals surface area contributed by atoms with Gasteiger partial charge in [-0.15, -0.1) is 0 Å². The molecular weight excluding hydrogens is 534 g/mol. The van der Waals surface area contributed by atoms with Gasteiger partial charge in [0.05, 0.1) is 18.5 Å². The van der Waals surface area contributed by atoms with E-state index < -0.39 is 0 Å². The van der Waals surface area contributed by atoms with E-state index in [0.717, 1.165) is 38.5 Å². The monoisotopic (exact) mass is 579 g/mol. The number of benzene rings is 2. The van der Waals surface area contributed by atoms with Crippen molar-refractivity contribution in [1.29, 1.82) is 0 Å². The molecule has 2 aromatic carbocycles. The lowest BCUT2D eigenvalue weighted by molar-refractivity contribution is 0.191. The molecule has 0 amide bonds. The van der Waals surface area contributed by atoms with Gasteiger partial charge in [0.1, 0.15) is 0 Å². The summed E-state index contributed by atoms with van der Waals surface area (Å²) in [4.78, 5) is 0. The Hall–Kier alpha value is -3.50. The maximum absolute atomic E-state index is 4.04. The molecule has 0 aromatic heterocycles.